The van der Waals surface area contributed by atoms with Gasteiger partial charge in [-0.25, -0.2) is 18.4 Å². The smallest absolute Gasteiger partial charge is 0.265 e. The number of halogens is 1. The summed E-state index contributed by atoms with van der Waals surface area (Å²) in [6.07, 6.45) is 0. The van der Waals surface area contributed by atoms with Crippen molar-refractivity contribution in [3.8, 4) is 0 Å². The van der Waals surface area contributed by atoms with Crippen LogP contribution in [0.2, 0.25) is 0 Å². The van der Waals surface area contributed by atoms with E-state index in [1.165, 1.54) is 6.07 Å². The Kier molecular flexibility index (Phi) is 5.24. The van der Waals surface area contributed by atoms with Crippen molar-refractivity contribution in [2.75, 3.05) is 10.0 Å². The van der Waals surface area contributed by atoms with Gasteiger partial charge in [-0.3, -0.25) is 4.72 Å². The molecule has 0 bridgehead atoms. The summed E-state index contributed by atoms with van der Waals surface area (Å²) in [6, 6.07) is 17.8. The first-order valence-electron chi connectivity index (χ1n) is 9.45. The highest BCUT2D eigenvalue weighted by atomic mass is 79.9. The first-order valence-corrected chi connectivity index (χ1v) is 12.5. The highest BCUT2D eigenvalue weighted by Gasteiger charge is 2.23. The molecule has 8 nitrogen and oxygen atoms in total. The predicted molar refractivity (Wildman–Crippen MR) is 130 cm³/mol. The van der Waals surface area contributed by atoms with Crippen LogP contribution in [0.3, 0.4) is 0 Å². The first-order chi connectivity index (χ1) is 15.4. The lowest BCUT2D eigenvalue weighted by molar-refractivity contribution is 0.602. The van der Waals surface area contributed by atoms with Gasteiger partial charge in [-0.1, -0.05) is 34.1 Å². The summed E-state index contributed by atoms with van der Waals surface area (Å²) in [6.45, 7) is 1.97. The van der Waals surface area contributed by atoms with E-state index in [1.54, 1.807) is 18.2 Å². The zero-order valence-corrected chi connectivity index (χ0v) is 19.8. The average Bonchev–Trinajstić information content (AvgIpc) is 3.25. The molecule has 32 heavy (non-hydrogen) atoms. The van der Waals surface area contributed by atoms with Gasteiger partial charge < -0.3 is 5.32 Å². The SMILES string of the molecule is Cc1cc(Nc2nc3ccccc3nc2NS(=O)(=O)c2cccc3nsnc23)ccc1Br. The van der Waals surface area contributed by atoms with E-state index in [2.05, 4.69) is 44.7 Å². The number of benzene rings is 3. The van der Waals surface area contributed by atoms with Gasteiger partial charge >= 0.3 is 0 Å². The lowest BCUT2D eigenvalue weighted by Crippen LogP contribution is -2.16. The van der Waals surface area contributed by atoms with Crippen LogP contribution >= 0.6 is 27.7 Å². The Morgan fingerprint density at radius 1 is 0.875 bits per heavy atom. The van der Waals surface area contributed by atoms with Crippen LogP contribution in [-0.2, 0) is 10.0 Å². The largest absolute Gasteiger partial charge is 0.337 e. The molecule has 0 spiro atoms. The maximum absolute atomic E-state index is 13.3. The molecule has 0 unspecified atom stereocenters. The van der Waals surface area contributed by atoms with E-state index in [-0.39, 0.29) is 16.5 Å². The second kappa shape index (κ2) is 8.08. The molecule has 0 atom stereocenters. The number of nitrogens with one attached hydrogen (secondary N) is 2. The number of sulfonamides is 1. The molecule has 5 rings (SSSR count). The van der Waals surface area contributed by atoms with Crippen molar-refractivity contribution in [1.82, 2.24) is 18.7 Å². The fourth-order valence-electron chi connectivity index (χ4n) is 3.20. The van der Waals surface area contributed by atoms with Gasteiger partial charge in [0.1, 0.15) is 15.9 Å². The normalized spacial score (nSPS) is 11.7. The number of hydrogen-bond donors (Lipinski definition) is 2. The van der Waals surface area contributed by atoms with E-state index in [1.807, 2.05) is 43.3 Å². The van der Waals surface area contributed by atoms with Crippen molar-refractivity contribution in [2.24, 2.45) is 0 Å². The fraction of sp³-hybridized carbons (Fsp3) is 0.0476. The quantitative estimate of drug-likeness (QED) is 0.321. The molecule has 3 aromatic carbocycles. The van der Waals surface area contributed by atoms with Gasteiger partial charge in [-0.15, -0.1) is 0 Å². The maximum Gasteiger partial charge on any atom is 0.265 e. The molecule has 0 fully saturated rings. The maximum atomic E-state index is 13.3. The first kappa shape index (κ1) is 20.7. The zero-order valence-electron chi connectivity index (χ0n) is 16.6. The van der Waals surface area contributed by atoms with Crippen molar-refractivity contribution in [2.45, 2.75) is 11.8 Å². The average molecular weight is 527 g/mol. The third-order valence-electron chi connectivity index (χ3n) is 4.76. The van der Waals surface area contributed by atoms with E-state index in [9.17, 15) is 8.42 Å². The number of rotatable bonds is 5. The topological polar surface area (TPSA) is 110 Å². The predicted octanol–water partition coefficient (Wildman–Crippen LogP) is 5.25. The van der Waals surface area contributed by atoms with Crippen LogP contribution < -0.4 is 10.0 Å². The van der Waals surface area contributed by atoms with E-state index in [0.29, 0.717) is 22.1 Å². The molecule has 11 heteroatoms. The second-order valence-corrected chi connectivity index (χ2v) is 10.0. The molecule has 0 radical (unpaired) electrons. The minimum Gasteiger partial charge on any atom is -0.337 e. The Morgan fingerprint density at radius 2 is 1.59 bits per heavy atom. The van der Waals surface area contributed by atoms with Crippen LogP contribution in [0.5, 0.6) is 0 Å². The zero-order chi connectivity index (χ0) is 22.3. The Bertz CT molecular complexity index is 1590. The Labute approximate surface area is 196 Å². The van der Waals surface area contributed by atoms with Gasteiger partial charge in [0.05, 0.1) is 22.8 Å². The van der Waals surface area contributed by atoms with Gasteiger partial charge in [-0.2, -0.15) is 8.75 Å². The van der Waals surface area contributed by atoms with E-state index >= 15 is 0 Å². The van der Waals surface area contributed by atoms with Gasteiger partial charge in [0, 0.05) is 10.2 Å². The number of fused-ring (bicyclic) bond motifs is 2. The number of para-hydroxylation sites is 2. The summed E-state index contributed by atoms with van der Waals surface area (Å²) >= 11 is 4.45. The van der Waals surface area contributed by atoms with Gasteiger partial charge in [0.2, 0.25) is 0 Å². The van der Waals surface area contributed by atoms with E-state index in [0.717, 1.165) is 27.5 Å². The van der Waals surface area contributed by atoms with Crippen molar-refractivity contribution in [3.63, 3.8) is 0 Å². The Hall–Kier alpha value is -3.15. The van der Waals surface area contributed by atoms with Crippen LogP contribution in [0.15, 0.2) is 70.0 Å². The molecular weight excluding hydrogens is 512 g/mol. The third-order valence-corrected chi connectivity index (χ3v) is 7.56. The molecule has 0 saturated carbocycles. The minimum absolute atomic E-state index is 0.0316. The fourth-order valence-corrected chi connectivity index (χ4v) is 5.22. The Balaban J connectivity index is 1.61. The second-order valence-electron chi connectivity index (χ2n) is 6.99. The van der Waals surface area contributed by atoms with Crippen LogP contribution in [-0.4, -0.2) is 27.1 Å². The summed E-state index contributed by atoms with van der Waals surface area (Å²) in [7, 11) is -4.00. The summed E-state index contributed by atoms with van der Waals surface area (Å²) in [5.41, 5.74) is 3.81. The van der Waals surface area contributed by atoms with Crippen molar-refractivity contribution < 1.29 is 8.42 Å². The minimum atomic E-state index is -4.00. The standard InChI is InChI=1S/C21H15BrN6O2S2/c1-12-11-13(9-10-14(12)22)23-20-21(25-16-6-3-2-5-15(16)24-20)28-32(29,30)18-8-4-7-17-19(18)27-31-26-17/h2-11H,1H3,(H,23,24)(H,25,28). The lowest BCUT2D eigenvalue weighted by atomic mass is 10.2. The van der Waals surface area contributed by atoms with Crippen molar-refractivity contribution in [1.29, 1.82) is 0 Å². The monoisotopic (exact) mass is 526 g/mol. The highest BCUT2D eigenvalue weighted by Crippen LogP contribution is 2.30. The third kappa shape index (κ3) is 3.90. The summed E-state index contributed by atoms with van der Waals surface area (Å²) in [4.78, 5) is 9.18. The number of aryl methyl sites for hydroxylation is 1. The van der Waals surface area contributed by atoms with Crippen LogP contribution in [0, 0.1) is 6.92 Å². The van der Waals surface area contributed by atoms with Gasteiger partial charge in [0.25, 0.3) is 10.0 Å². The molecule has 160 valence electrons. The highest BCUT2D eigenvalue weighted by molar-refractivity contribution is 9.10. The molecule has 2 N–H and O–H groups in total. The van der Waals surface area contributed by atoms with E-state index < -0.39 is 10.0 Å². The molecule has 0 aliphatic rings. The lowest BCUT2D eigenvalue weighted by Gasteiger charge is -2.14. The number of anilines is 3. The van der Waals surface area contributed by atoms with Crippen molar-refractivity contribution >= 4 is 77.1 Å². The van der Waals surface area contributed by atoms with Crippen molar-refractivity contribution in [3.05, 3.63) is 70.7 Å². The molecular formula is C21H15BrN6O2S2. The summed E-state index contributed by atoms with van der Waals surface area (Å²) in [5.74, 6) is 0.377. The van der Waals surface area contributed by atoms with Crippen LogP contribution in [0.4, 0.5) is 17.3 Å². The Morgan fingerprint density at radius 3 is 2.34 bits per heavy atom. The molecule has 0 amide bonds. The van der Waals surface area contributed by atoms with Gasteiger partial charge in [-0.05, 0) is 55.0 Å². The molecule has 2 aromatic heterocycles. The molecule has 2 heterocycles. The summed E-state index contributed by atoms with van der Waals surface area (Å²) in [5, 5.41) is 3.19. The van der Waals surface area contributed by atoms with Gasteiger partial charge in [0.15, 0.2) is 11.6 Å². The molecule has 5 aromatic rings. The molecule has 0 saturated heterocycles. The van der Waals surface area contributed by atoms with Crippen LogP contribution in [0.1, 0.15) is 5.56 Å². The molecule has 0 aliphatic carbocycles. The number of hydrogen-bond acceptors (Lipinski definition) is 8. The number of nitrogens with zero attached hydrogens (tertiary/aromatic N) is 4. The summed E-state index contributed by atoms with van der Waals surface area (Å²) < 4.78 is 38.4. The van der Waals surface area contributed by atoms with E-state index in [4.69, 9.17) is 0 Å². The van der Waals surface area contributed by atoms with Crippen LogP contribution in [0.25, 0.3) is 22.1 Å². The molecule has 0 aliphatic heterocycles. The number of aromatic nitrogens is 4.